The molecular weight excluding hydrogens is 325 g/mol. The van der Waals surface area contributed by atoms with Crippen molar-refractivity contribution in [2.75, 3.05) is 12.0 Å². The van der Waals surface area contributed by atoms with Gasteiger partial charge in [-0.3, -0.25) is 4.79 Å². The highest BCUT2D eigenvalue weighted by atomic mass is 32.2. The predicted octanol–water partition coefficient (Wildman–Crippen LogP) is 4.12. The highest BCUT2D eigenvalue weighted by molar-refractivity contribution is 7.92. The molecule has 0 heterocycles. The maximum Gasteiger partial charge on any atom is 0.195 e. The number of nitrogens with two attached hydrogens (primary N) is 1. The number of anilines is 1. The molecule has 2 aromatic rings. The van der Waals surface area contributed by atoms with Crippen LogP contribution in [0.4, 0.5) is 10.1 Å². The van der Waals surface area contributed by atoms with Crippen molar-refractivity contribution < 1.29 is 13.4 Å². The van der Waals surface area contributed by atoms with Crippen LogP contribution in [0.25, 0.3) is 0 Å². The van der Waals surface area contributed by atoms with E-state index >= 15 is 0 Å². The summed E-state index contributed by atoms with van der Waals surface area (Å²) in [5.74, 6) is -0.737. The van der Waals surface area contributed by atoms with Crippen LogP contribution in [0.1, 0.15) is 42.3 Å². The molecule has 0 aromatic heterocycles. The van der Waals surface area contributed by atoms with Gasteiger partial charge in [0.15, 0.2) is 10.5 Å². The van der Waals surface area contributed by atoms with Gasteiger partial charge in [-0.15, -0.1) is 0 Å². The average molecular weight is 348 g/mol. The molecule has 0 amide bonds. The predicted molar refractivity (Wildman–Crippen MR) is 98.5 cm³/mol. The molecule has 0 spiro atoms. The van der Waals surface area contributed by atoms with Gasteiger partial charge in [-0.25, -0.2) is 4.39 Å². The van der Waals surface area contributed by atoms with E-state index in [4.69, 9.17) is 9.92 Å². The first-order valence-corrected chi connectivity index (χ1v) is 9.23. The normalized spacial score (nSPS) is 12.9. The van der Waals surface area contributed by atoms with Gasteiger partial charge in [0.2, 0.25) is 0 Å². The molecule has 2 aromatic carbocycles. The lowest BCUT2D eigenvalue weighted by Gasteiger charge is -2.16. The van der Waals surface area contributed by atoms with E-state index in [0.29, 0.717) is 17.9 Å². The summed E-state index contributed by atoms with van der Waals surface area (Å²) in [6.45, 7) is 6.68. The summed E-state index contributed by atoms with van der Waals surface area (Å²) in [7, 11) is 0. The summed E-state index contributed by atoms with van der Waals surface area (Å²) in [5, 5.41) is 0. The molecule has 5 heteroatoms. The van der Waals surface area contributed by atoms with E-state index < -0.39 is 5.82 Å². The van der Waals surface area contributed by atoms with Crippen LogP contribution >= 0.6 is 0 Å². The summed E-state index contributed by atoms with van der Waals surface area (Å²) in [5.41, 5.74) is 7.97. The largest absolute Gasteiger partial charge is 0.398 e. The maximum atomic E-state index is 13.3. The third-order valence-corrected chi connectivity index (χ3v) is 5.98. The van der Waals surface area contributed by atoms with Gasteiger partial charge in [-0.1, -0.05) is 24.3 Å². The Morgan fingerprint density at radius 1 is 1.21 bits per heavy atom. The lowest BCUT2D eigenvalue weighted by Crippen LogP contribution is -2.29. The van der Waals surface area contributed by atoms with E-state index in [1.54, 1.807) is 18.2 Å². The zero-order valence-electron chi connectivity index (χ0n) is 14.4. The van der Waals surface area contributed by atoms with Gasteiger partial charge in [-0.05, 0) is 39.0 Å². The Balaban J connectivity index is 2.23. The molecule has 0 aliphatic rings. The Bertz CT molecular complexity index is 740. The zero-order chi connectivity index (χ0) is 17.9. The summed E-state index contributed by atoms with van der Waals surface area (Å²) in [6.07, 6.45) is 2.04. The molecule has 128 valence electrons. The summed E-state index contributed by atoms with van der Waals surface area (Å²) in [6, 6.07) is 10.9. The minimum atomic E-state index is -0.445. The topological polar surface area (TPSA) is 52.3 Å². The van der Waals surface area contributed by atoms with E-state index in [1.165, 1.54) is 18.2 Å². The molecule has 0 saturated heterocycles. The summed E-state index contributed by atoms with van der Waals surface area (Å²) in [4.78, 5) is 12.6. The Kier molecular flexibility index (Phi) is 5.67. The number of rotatable bonds is 5. The van der Waals surface area contributed by atoms with Gasteiger partial charge in [0.25, 0.3) is 0 Å². The Hall–Kier alpha value is -1.85. The van der Waals surface area contributed by atoms with Gasteiger partial charge >= 0.3 is 0 Å². The number of nitrogen functional groups attached to an aromatic ring is 1. The molecule has 0 fully saturated rings. The molecule has 1 atom stereocenters. The molecule has 2 N–H and O–H groups in total. The number of halogens is 1. The van der Waals surface area contributed by atoms with Crippen molar-refractivity contribution in [3.05, 3.63) is 65.0 Å². The smallest absolute Gasteiger partial charge is 0.195 e. The number of hydrogen-bond acceptors (Lipinski definition) is 3. The first kappa shape index (κ1) is 18.5. The molecule has 1 unspecified atom stereocenters. The molecular formula is C19H23FNO2S+. The van der Waals surface area contributed by atoms with E-state index in [9.17, 15) is 9.18 Å². The third kappa shape index (κ3) is 4.36. The first-order chi connectivity index (χ1) is 11.2. The van der Waals surface area contributed by atoms with Gasteiger partial charge in [-0.2, -0.15) is 4.18 Å². The Labute approximate surface area is 145 Å². The van der Waals surface area contributed by atoms with E-state index in [2.05, 4.69) is 20.8 Å². The average Bonchev–Trinajstić information content (AvgIpc) is 2.52. The van der Waals surface area contributed by atoms with Crippen molar-refractivity contribution in [3.8, 4) is 0 Å². The second kappa shape index (κ2) is 7.36. The van der Waals surface area contributed by atoms with E-state index in [1.807, 2.05) is 12.3 Å². The summed E-state index contributed by atoms with van der Waals surface area (Å²) < 4.78 is 19.3. The van der Waals surface area contributed by atoms with Crippen LogP contribution in [0.5, 0.6) is 0 Å². The minimum Gasteiger partial charge on any atom is -0.398 e. The SMILES string of the molecule is C[S+](OCc1cccc(C(=O)c2cccc(F)c2)c1N)C(C)(C)C. The molecule has 0 aliphatic carbocycles. The van der Waals surface area contributed by atoms with Crippen molar-refractivity contribution >= 4 is 22.6 Å². The number of hydrogen-bond donors (Lipinski definition) is 1. The fraction of sp³-hybridized carbons (Fsp3) is 0.316. The van der Waals surface area contributed by atoms with Crippen LogP contribution in [0.2, 0.25) is 0 Å². The van der Waals surface area contributed by atoms with Gasteiger partial charge < -0.3 is 5.73 Å². The van der Waals surface area contributed by atoms with Crippen molar-refractivity contribution in [3.63, 3.8) is 0 Å². The number of ketones is 1. The molecule has 0 radical (unpaired) electrons. The molecule has 0 aliphatic heterocycles. The lowest BCUT2D eigenvalue weighted by molar-refractivity contribution is 0.103. The monoisotopic (exact) mass is 348 g/mol. The van der Waals surface area contributed by atoms with Crippen molar-refractivity contribution in [1.29, 1.82) is 0 Å². The highest BCUT2D eigenvalue weighted by Gasteiger charge is 2.32. The van der Waals surface area contributed by atoms with Gasteiger partial charge in [0.05, 0.1) is 0 Å². The molecule has 2 rings (SSSR count). The maximum absolute atomic E-state index is 13.3. The van der Waals surface area contributed by atoms with Gasteiger partial charge in [0.1, 0.15) is 29.9 Å². The van der Waals surface area contributed by atoms with E-state index in [-0.39, 0.29) is 27.3 Å². The minimum absolute atomic E-state index is 0.0454. The van der Waals surface area contributed by atoms with Crippen LogP contribution in [0.15, 0.2) is 42.5 Å². The van der Waals surface area contributed by atoms with Gasteiger partial charge in [0, 0.05) is 22.4 Å². The molecule has 0 saturated carbocycles. The fourth-order valence-electron chi connectivity index (χ4n) is 2.05. The van der Waals surface area contributed by atoms with Crippen LogP contribution in [0, 0.1) is 5.82 Å². The fourth-order valence-corrected chi connectivity index (χ4v) is 2.71. The molecule has 3 nitrogen and oxygen atoms in total. The third-order valence-electron chi connectivity index (χ3n) is 3.78. The number of carbonyl (C=O) groups excluding carboxylic acids is 1. The second-order valence-corrected chi connectivity index (χ2v) is 8.92. The van der Waals surface area contributed by atoms with Crippen molar-refractivity contribution in [2.45, 2.75) is 32.1 Å². The standard InChI is InChI=1S/C19H22FNO2S/c1-19(2,3)24(4)23-12-14-8-6-10-16(17(14)21)18(22)13-7-5-9-15(20)11-13/h5-11H,12H2,1-4H3,(H-,21,22)/p+1. The quantitative estimate of drug-likeness (QED) is 0.502. The van der Waals surface area contributed by atoms with Crippen LogP contribution in [-0.4, -0.2) is 16.8 Å². The number of para-hydroxylation sites is 1. The Morgan fingerprint density at radius 3 is 2.50 bits per heavy atom. The van der Waals surface area contributed by atoms with Crippen molar-refractivity contribution in [2.24, 2.45) is 0 Å². The second-order valence-electron chi connectivity index (χ2n) is 6.55. The number of carbonyl (C=O) groups is 1. The zero-order valence-corrected chi connectivity index (χ0v) is 15.2. The van der Waals surface area contributed by atoms with Crippen LogP contribution in [-0.2, 0) is 22.0 Å². The summed E-state index contributed by atoms with van der Waals surface area (Å²) >= 11 is -0.243. The Morgan fingerprint density at radius 2 is 1.88 bits per heavy atom. The van der Waals surface area contributed by atoms with Crippen LogP contribution < -0.4 is 5.73 Å². The lowest BCUT2D eigenvalue weighted by atomic mass is 9.99. The highest BCUT2D eigenvalue weighted by Crippen LogP contribution is 2.25. The number of benzene rings is 2. The molecule has 24 heavy (non-hydrogen) atoms. The molecule has 0 bridgehead atoms. The van der Waals surface area contributed by atoms with E-state index in [0.717, 1.165) is 5.56 Å². The van der Waals surface area contributed by atoms with Crippen LogP contribution in [0.3, 0.4) is 0 Å². The first-order valence-electron chi connectivity index (χ1n) is 7.67. The van der Waals surface area contributed by atoms with Crippen molar-refractivity contribution in [1.82, 2.24) is 0 Å².